The number of carbonyl (C=O) groups excluding carboxylic acids is 3. The molecule has 6 rings (SSSR count). The van der Waals surface area contributed by atoms with Crippen molar-refractivity contribution in [1.82, 2.24) is 9.80 Å². The van der Waals surface area contributed by atoms with Gasteiger partial charge in [0.05, 0.1) is 51.2 Å². The van der Waals surface area contributed by atoms with Crippen molar-refractivity contribution in [2.45, 2.75) is 51.0 Å². The Kier molecular flexibility index (Phi) is 12.4. The summed E-state index contributed by atoms with van der Waals surface area (Å²) in [6.45, 7) is 4.42. The molecule has 12 heteroatoms. The Morgan fingerprint density at radius 1 is 0.640 bits per heavy atom. The highest BCUT2D eigenvalue weighted by Crippen LogP contribution is 2.38. The fourth-order valence-electron chi connectivity index (χ4n) is 6.40. The van der Waals surface area contributed by atoms with Gasteiger partial charge in [-0.1, -0.05) is 107 Å². The van der Waals surface area contributed by atoms with E-state index < -0.39 is 18.4 Å². The van der Waals surface area contributed by atoms with Crippen molar-refractivity contribution in [3.05, 3.63) is 138 Å². The summed E-state index contributed by atoms with van der Waals surface area (Å²) in [5.41, 5.74) is 4.87. The minimum atomic E-state index is -0.786. The van der Waals surface area contributed by atoms with Crippen molar-refractivity contribution < 1.29 is 29.0 Å². The van der Waals surface area contributed by atoms with Crippen LogP contribution in [-0.2, 0) is 31.9 Å². The number of amides is 2. The van der Waals surface area contributed by atoms with Gasteiger partial charge in [0.15, 0.2) is 0 Å². The number of rotatable bonds is 5. The molecule has 0 fully saturated rings. The summed E-state index contributed by atoms with van der Waals surface area (Å²) in [4.78, 5) is 40.8. The van der Waals surface area contributed by atoms with Gasteiger partial charge in [0, 0.05) is 20.1 Å². The first-order valence-electron chi connectivity index (χ1n) is 16.0. The molecule has 0 saturated heterocycles. The van der Waals surface area contributed by atoms with E-state index in [2.05, 4.69) is 4.74 Å². The van der Waals surface area contributed by atoms with Crippen LogP contribution in [0.25, 0.3) is 0 Å². The molecule has 0 unspecified atom stereocenters. The number of halogens is 4. The van der Waals surface area contributed by atoms with E-state index in [1.165, 1.54) is 7.11 Å². The van der Waals surface area contributed by atoms with Gasteiger partial charge >= 0.3 is 6.16 Å². The van der Waals surface area contributed by atoms with E-state index in [0.29, 0.717) is 31.2 Å². The second kappa shape index (κ2) is 16.5. The smallest absolute Gasteiger partial charge is 0.438 e. The van der Waals surface area contributed by atoms with Gasteiger partial charge in [0.2, 0.25) is 11.8 Å². The maximum atomic E-state index is 13.0. The van der Waals surface area contributed by atoms with Crippen molar-refractivity contribution >= 4 is 64.4 Å². The average Bonchev–Trinajstić information content (AvgIpc) is 3.11. The predicted octanol–water partition coefficient (Wildman–Crippen LogP) is 9.14. The number of aliphatic hydroxyl groups is 1. The zero-order valence-electron chi connectivity index (χ0n) is 27.6. The lowest BCUT2D eigenvalue weighted by Crippen LogP contribution is -2.42. The van der Waals surface area contributed by atoms with Crippen LogP contribution in [0.1, 0.15) is 71.5 Å². The van der Waals surface area contributed by atoms with Crippen LogP contribution in [-0.4, -0.2) is 53.1 Å². The zero-order chi connectivity index (χ0) is 36.1. The highest BCUT2D eigenvalue weighted by atomic mass is 35.5. The molecule has 0 saturated carbocycles. The molecule has 50 heavy (non-hydrogen) atoms. The maximum Gasteiger partial charge on any atom is 0.508 e. The number of hydrogen-bond acceptors (Lipinski definition) is 6. The van der Waals surface area contributed by atoms with Crippen LogP contribution in [0.5, 0.6) is 0 Å². The van der Waals surface area contributed by atoms with Crippen LogP contribution in [0, 0.1) is 0 Å². The molecule has 2 aliphatic heterocycles. The fourth-order valence-corrected chi connectivity index (χ4v) is 7.46. The lowest BCUT2D eigenvalue weighted by atomic mass is 9.91. The van der Waals surface area contributed by atoms with Crippen LogP contribution >= 0.6 is 46.4 Å². The molecule has 4 atom stereocenters. The van der Waals surface area contributed by atoms with Crippen molar-refractivity contribution in [2.24, 2.45) is 0 Å². The molecule has 0 bridgehead atoms. The summed E-state index contributed by atoms with van der Waals surface area (Å²) in [6.07, 6.45) is -1.87. The third-order valence-corrected chi connectivity index (χ3v) is 10.5. The average molecular weight is 759 g/mol. The van der Waals surface area contributed by atoms with Gasteiger partial charge in [-0.3, -0.25) is 9.59 Å². The van der Waals surface area contributed by atoms with Gasteiger partial charge < -0.3 is 24.4 Å². The zero-order valence-corrected chi connectivity index (χ0v) is 30.6. The monoisotopic (exact) mass is 756 g/mol. The van der Waals surface area contributed by atoms with Gasteiger partial charge in [-0.2, -0.15) is 0 Å². The minimum Gasteiger partial charge on any atom is -0.438 e. The van der Waals surface area contributed by atoms with E-state index in [1.54, 1.807) is 46.2 Å². The standard InChI is InChI=1S/C20H19Cl2NO4.C18H17Cl2NO2/c1-12-13-6-3-4-7-14(13)18(27-20(25)26-2)11-23(12)19(24)10-15-16(21)8-5-9-17(15)22;1-11-12-5-2-3-6-13(12)17(22)10-21(11)18(23)9-14-15(19)7-4-8-16(14)20/h3-9,12,18H,10-11H2,1-2H3;2-8,11,17,22H,9-10H2,1H3/t12-,18-;11-,17-/m00/s1. The van der Waals surface area contributed by atoms with Gasteiger partial charge in [-0.25, -0.2) is 4.79 Å². The second-order valence-corrected chi connectivity index (χ2v) is 13.7. The van der Waals surface area contributed by atoms with Crippen LogP contribution in [0.15, 0.2) is 84.9 Å². The molecule has 262 valence electrons. The van der Waals surface area contributed by atoms with Gasteiger partial charge in [0.1, 0.15) is 6.10 Å². The molecular formula is C38H36Cl4N2O6. The Balaban J connectivity index is 0.000000197. The number of benzene rings is 4. The number of carbonyl (C=O) groups is 3. The highest BCUT2D eigenvalue weighted by molar-refractivity contribution is 6.36. The first-order chi connectivity index (χ1) is 23.9. The van der Waals surface area contributed by atoms with E-state index >= 15 is 0 Å². The molecule has 0 aromatic heterocycles. The first kappa shape index (κ1) is 37.5. The number of aliphatic hydroxyl groups excluding tert-OH is 1. The fraction of sp³-hybridized carbons (Fsp3) is 0.289. The van der Waals surface area contributed by atoms with Crippen molar-refractivity contribution in [3.63, 3.8) is 0 Å². The number of β-amino-alcohol motifs (C(OH)–C–C–N with tert-alkyl or cyclic N) is 1. The molecule has 0 radical (unpaired) electrons. The van der Waals surface area contributed by atoms with Gasteiger partial charge in [-0.05, 0) is 71.5 Å². The Labute approximate surface area is 311 Å². The molecule has 2 amide bonds. The SMILES string of the molecule is COC(=O)O[C@H]1CN(C(=O)Cc2c(Cl)cccc2Cl)[C@@H](C)c2ccccc21.C[C@H]1c2ccccc2[C@@H](O)CN1C(=O)Cc1c(Cl)cccc1Cl. The largest absolute Gasteiger partial charge is 0.508 e. The topological polar surface area (TPSA) is 96.4 Å². The highest BCUT2D eigenvalue weighted by Gasteiger charge is 2.36. The van der Waals surface area contributed by atoms with Crippen LogP contribution < -0.4 is 0 Å². The van der Waals surface area contributed by atoms with E-state index in [-0.39, 0.29) is 49.8 Å². The Morgan fingerprint density at radius 2 is 1.04 bits per heavy atom. The molecule has 4 aromatic carbocycles. The van der Waals surface area contributed by atoms with Crippen LogP contribution in [0.4, 0.5) is 4.79 Å². The molecule has 2 heterocycles. The third-order valence-electron chi connectivity index (χ3n) is 9.09. The van der Waals surface area contributed by atoms with E-state index in [0.717, 1.165) is 22.3 Å². The molecule has 8 nitrogen and oxygen atoms in total. The second-order valence-electron chi connectivity index (χ2n) is 12.0. The maximum absolute atomic E-state index is 13.0. The number of nitrogens with zero attached hydrogens (tertiary/aromatic N) is 2. The predicted molar refractivity (Wildman–Crippen MR) is 195 cm³/mol. The molecule has 0 spiro atoms. The van der Waals surface area contributed by atoms with Crippen molar-refractivity contribution in [1.29, 1.82) is 0 Å². The summed E-state index contributed by atoms with van der Waals surface area (Å²) in [6, 6.07) is 25.3. The molecule has 0 aliphatic carbocycles. The lowest BCUT2D eigenvalue weighted by Gasteiger charge is -2.39. The minimum absolute atomic E-state index is 0.0654. The summed E-state index contributed by atoms with van der Waals surface area (Å²) in [5.74, 6) is -0.244. The third kappa shape index (κ3) is 8.22. The summed E-state index contributed by atoms with van der Waals surface area (Å²) >= 11 is 24.7. The molecule has 4 aromatic rings. The number of ether oxygens (including phenoxy) is 2. The number of hydrogen-bond donors (Lipinski definition) is 1. The number of fused-ring (bicyclic) bond motifs is 2. The molecule has 2 aliphatic rings. The summed E-state index contributed by atoms with van der Waals surface area (Å²) in [7, 11) is 1.25. The lowest BCUT2D eigenvalue weighted by molar-refractivity contribution is -0.136. The normalized spacial score (nSPS) is 19.4. The van der Waals surface area contributed by atoms with E-state index in [9.17, 15) is 19.5 Å². The van der Waals surface area contributed by atoms with Crippen molar-refractivity contribution in [2.75, 3.05) is 20.2 Å². The Bertz CT molecular complexity index is 1850. The summed E-state index contributed by atoms with van der Waals surface area (Å²) in [5, 5.41) is 12.2. The Hall–Kier alpha value is -3.79. The molecule has 1 N–H and O–H groups in total. The number of methoxy groups -OCH3 is 1. The van der Waals surface area contributed by atoms with Gasteiger partial charge in [0.25, 0.3) is 0 Å². The first-order valence-corrected chi connectivity index (χ1v) is 17.5. The quantitative estimate of drug-likeness (QED) is 0.204. The van der Waals surface area contributed by atoms with Gasteiger partial charge in [-0.15, -0.1) is 0 Å². The van der Waals surface area contributed by atoms with Crippen LogP contribution in [0.3, 0.4) is 0 Å². The molecular weight excluding hydrogens is 722 g/mol. The Morgan fingerprint density at radius 3 is 1.50 bits per heavy atom. The summed E-state index contributed by atoms with van der Waals surface area (Å²) < 4.78 is 10.0. The van der Waals surface area contributed by atoms with E-state index in [4.69, 9.17) is 51.1 Å². The van der Waals surface area contributed by atoms with Crippen LogP contribution in [0.2, 0.25) is 20.1 Å². The van der Waals surface area contributed by atoms with E-state index in [1.807, 2.05) is 62.4 Å². The van der Waals surface area contributed by atoms with Crippen molar-refractivity contribution in [3.8, 4) is 0 Å².